The van der Waals surface area contributed by atoms with Crippen LogP contribution < -0.4 is 11.1 Å². The fourth-order valence-corrected chi connectivity index (χ4v) is 4.82. The fraction of sp³-hybridized carbons (Fsp3) is 0.963. The summed E-state index contributed by atoms with van der Waals surface area (Å²) >= 11 is 0. The van der Waals surface area contributed by atoms with Crippen LogP contribution in [-0.4, -0.2) is 29.7 Å². The summed E-state index contributed by atoms with van der Waals surface area (Å²) in [7, 11) is 0. The molecule has 0 aromatic heterocycles. The Hall–Kier alpha value is -0.410. The Kier molecular flexibility index (Phi) is 18.9. The summed E-state index contributed by atoms with van der Waals surface area (Å²) < 4.78 is 2.29. The smallest absolute Gasteiger partial charge is 0.208 e. The Balaban J connectivity index is 1.71. The number of nitrogens with zero attached hydrogens (tertiary/aromatic N) is 1. The van der Waals surface area contributed by atoms with Crippen molar-refractivity contribution in [2.45, 2.75) is 161 Å². The predicted molar refractivity (Wildman–Crippen MR) is 134 cm³/mol. The van der Waals surface area contributed by atoms with Crippen LogP contribution in [0.3, 0.4) is 0 Å². The summed E-state index contributed by atoms with van der Waals surface area (Å²) in [5.74, 6) is 0. The molecule has 2 atom stereocenters. The first-order valence-electron chi connectivity index (χ1n) is 13.9. The maximum absolute atomic E-state index is 6.02. The van der Waals surface area contributed by atoms with Crippen LogP contribution >= 0.6 is 0 Å². The van der Waals surface area contributed by atoms with Gasteiger partial charge in [0.05, 0.1) is 6.54 Å². The van der Waals surface area contributed by atoms with Gasteiger partial charge in [0, 0.05) is 13.3 Å². The van der Waals surface area contributed by atoms with E-state index in [1.807, 2.05) is 0 Å². The van der Waals surface area contributed by atoms with E-state index in [0.29, 0.717) is 6.17 Å². The second kappa shape index (κ2) is 20.5. The van der Waals surface area contributed by atoms with E-state index in [9.17, 15) is 0 Å². The number of hydrogen-bond acceptors (Lipinski definition) is 2. The van der Waals surface area contributed by atoms with E-state index < -0.39 is 0 Å². The lowest BCUT2D eigenvalue weighted by Crippen LogP contribution is -2.41. The highest BCUT2D eigenvalue weighted by atomic mass is 15.3. The monoisotopic (exact) mass is 422 g/mol. The second-order valence-electron chi connectivity index (χ2n) is 9.80. The van der Waals surface area contributed by atoms with Gasteiger partial charge in [-0.3, -0.25) is 5.73 Å². The van der Waals surface area contributed by atoms with E-state index in [1.165, 1.54) is 135 Å². The van der Waals surface area contributed by atoms with E-state index in [-0.39, 0.29) is 6.17 Å². The number of nitrogens with one attached hydrogen (secondary N) is 1. The highest BCUT2D eigenvalue weighted by molar-refractivity contribution is 5.55. The zero-order valence-corrected chi connectivity index (χ0v) is 20.8. The lowest BCUT2D eigenvalue weighted by Gasteiger charge is -2.13. The molecule has 2 unspecified atom stereocenters. The van der Waals surface area contributed by atoms with Crippen LogP contribution in [0.2, 0.25) is 0 Å². The summed E-state index contributed by atoms with van der Waals surface area (Å²) in [4.78, 5) is 0. The van der Waals surface area contributed by atoms with Gasteiger partial charge in [0.1, 0.15) is 0 Å². The molecule has 3 nitrogen and oxygen atoms in total. The minimum atomic E-state index is 0.134. The second-order valence-corrected chi connectivity index (χ2v) is 9.80. The molecule has 1 rings (SSSR count). The molecule has 1 aliphatic rings. The van der Waals surface area contributed by atoms with Gasteiger partial charge in [0.15, 0.2) is 6.21 Å². The quantitative estimate of drug-likeness (QED) is 0.140. The highest BCUT2D eigenvalue weighted by Crippen LogP contribution is 2.15. The van der Waals surface area contributed by atoms with E-state index >= 15 is 0 Å². The van der Waals surface area contributed by atoms with Crippen molar-refractivity contribution in [3.8, 4) is 0 Å². The predicted octanol–water partition coefficient (Wildman–Crippen LogP) is 7.52. The molecule has 1 heterocycles. The van der Waals surface area contributed by atoms with Gasteiger partial charge in [0.2, 0.25) is 12.3 Å². The Bertz CT molecular complexity index is 392. The minimum Gasteiger partial charge on any atom is -0.273 e. The molecule has 0 aromatic rings. The molecule has 0 aromatic carbocycles. The molecule has 0 spiro atoms. The van der Waals surface area contributed by atoms with E-state index in [1.54, 1.807) is 0 Å². The van der Waals surface area contributed by atoms with Crippen molar-refractivity contribution >= 4 is 6.21 Å². The molecule has 0 saturated heterocycles. The Morgan fingerprint density at radius 1 is 0.700 bits per heavy atom. The molecular formula is C27H56N3+. The van der Waals surface area contributed by atoms with Crippen molar-refractivity contribution in [3.05, 3.63) is 0 Å². The molecule has 30 heavy (non-hydrogen) atoms. The molecule has 0 amide bonds. The zero-order chi connectivity index (χ0) is 21.7. The van der Waals surface area contributed by atoms with Crippen LogP contribution in [0.15, 0.2) is 0 Å². The van der Waals surface area contributed by atoms with Gasteiger partial charge < -0.3 is 0 Å². The van der Waals surface area contributed by atoms with E-state index in [2.05, 4.69) is 30.0 Å². The van der Waals surface area contributed by atoms with E-state index in [4.69, 9.17) is 5.73 Å². The molecule has 0 saturated carbocycles. The number of rotatable bonds is 22. The summed E-state index contributed by atoms with van der Waals surface area (Å²) in [6, 6.07) is 0. The van der Waals surface area contributed by atoms with Gasteiger partial charge in [-0.2, -0.15) is 0 Å². The van der Waals surface area contributed by atoms with Crippen molar-refractivity contribution in [2.75, 3.05) is 6.54 Å². The molecular weight excluding hydrogens is 366 g/mol. The van der Waals surface area contributed by atoms with E-state index in [0.717, 1.165) is 6.54 Å². The first-order chi connectivity index (χ1) is 14.8. The first-order valence-corrected chi connectivity index (χ1v) is 13.9. The standard InChI is InChI=1S/C27H56N3/c1-3-4-5-6-7-8-9-10-11-12-13-14-15-16-17-18-19-20-21-22-23-27-29-24-25-30(27)26(2)28/h25-27,29H,3-24,28H2,1-2H3/q+1. The largest absolute Gasteiger partial charge is 0.273 e. The van der Waals surface area contributed by atoms with Crippen molar-refractivity contribution in [2.24, 2.45) is 5.73 Å². The van der Waals surface area contributed by atoms with Crippen molar-refractivity contribution in [1.29, 1.82) is 0 Å². The highest BCUT2D eigenvalue weighted by Gasteiger charge is 2.26. The third-order valence-corrected chi connectivity index (χ3v) is 6.82. The maximum atomic E-state index is 6.02. The minimum absolute atomic E-state index is 0.134. The van der Waals surface area contributed by atoms with Gasteiger partial charge >= 0.3 is 0 Å². The normalized spacial score (nSPS) is 17.4. The van der Waals surface area contributed by atoms with Crippen LogP contribution in [0.4, 0.5) is 0 Å². The topological polar surface area (TPSA) is 41.1 Å². The van der Waals surface area contributed by atoms with Crippen LogP contribution in [0.25, 0.3) is 0 Å². The molecule has 0 radical (unpaired) electrons. The molecule has 3 N–H and O–H groups in total. The maximum Gasteiger partial charge on any atom is 0.208 e. The third kappa shape index (κ3) is 15.4. The molecule has 1 aliphatic heterocycles. The van der Waals surface area contributed by atoms with Crippen LogP contribution in [-0.2, 0) is 0 Å². The van der Waals surface area contributed by atoms with Gasteiger partial charge in [-0.05, 0) is 6.42 Å². The number of unbranched alkanes of at least 4 members (excludes halogenated alkanes) is 19. The summed E-state index contributed by atoms with van der Waals surface area (Å²) in [5.41, 5.74) is 6.02. The van der Waals surface area contributed by atoms with Crippen molar-refractivity contribution in [3.63, 3.8) is 0 Å². The fourth-order valence-electron chi connectivity index (χ4n) is 4.82. The average Bonchev–Trinajstić information content (AvgIpc) is 3.21. The van der Waals surface area contributed by atoms with Gasteiger partial charge in [-0.15, -0.1) is 0 Å². The molecule has 178 valence electrons. The van der Waals surface area contributed by atoms with Crippen LogP contribution in [0.5, 0.6) is 0 Å². The summed E-state index contributed by atoms with van der Waals surface area (Å²) in [6.45, 7) is 5.35. The van der Waals surface area contributed by atoms with Gasteiger partial charge in [-0.1, -0.05) is 129 Å². The van der Waals surface area contributed by atoms with Crippen molar-refractivity contribution in [1.82, 2.24) is 5.32 Å². The molecule has 0 fully saturated rings. The zero-order valence-electron chi connectivity index (χ0n) is 20.8. The van der Waals surface area contributed by atoms with Gasteiger partial charge in [-0.25, -0.2) is 9.89 Å². The average molecular weight is 423 g/mol. The Labute approximate surface area is 189 Å². The lowest BCUT2D eigenvalue weighted by molar-refractivity contribution is -0.591. The van der Waals surface area contributed by atoms with Crippen LogP contribution in [0, 0.1) is 0 Å². The number of nitrogens with two attached hydrogens (primary N) is 1. The van der Waals surface area contributed by atoms with Crippen molar-refractivity contribution < 1.29 is 4.58 Å². The Morgan fingerprint density at radius 2 is 1.07 bits per heavy atom. The summed E-state index contributed by atoms with van der Waals surface area (Å²) in [6.07, 6.45) is 33.0. The SMILES string of the molecule is CCCCCCCCCCCCCCCCCCCCCCC1NCC=[N+]1C(C)N. The number of hydrogen-bond donors (Lipinski definition) is 2. The van der Waals surface area contributed by atoms with Gasteiger partial charge in [0.25, 0.3) is 0 Å². The molecule has 3 heteroatoms. The Morgan fingerprint density at radius 3 is 1.43 bits per heavy atom. The molecule has 0 bridgehead atoms. The van der Waals surface area contributed by atoms with Crippen LogP contribution in [0.1, 0.15) is 149 Å². The molecule has 0 aliphatic carbocycles. The lowest BCUT2D eigenvalue weighted by atomic mass is 10.0. The summed E-state index contributed by atoms with van der Waals surface area (Å²) in [5, 5.41) is 3.54. The third-order valence-electron chi connectivity index (χ3n) is 6.82. The first kappa shape index (κ1) is 27.6.